The third kappa shape index (κ3) is 3.91. The van der Waals surface area contributed by atoms with Gasteiger partial charge in [-0.1, -0.05) is 6.07 Å². The Bertz CT molecular complexity index is 1380. The largest absolute Gasteiger partial charge is 0.573 e. The smallest absolute Gasteiger partial charge is 0.404 e. The van der Waals surface area contributed by atoms with Crippen molar-refractivity contribution in [2.45, 2.75) is 24.7 Å². The summed E-state index contributed by atoms with van der Waals surface area (Å²) in [5, 5.41) is 5.73. The second-order valence-electron chi connectivity index (χ2n) is 6.56. The van der Waals surface area contributed by atoms with Gasteiger partial charge in [0.1, 0.15) is 16.2 Å². The molecule has 8 nitrogen and oxygen atoms in total. The molecule has 0 amide bonds. The molecule has 2 N–H and O–H groups in total. The van der Waals surface area contributed by atoms with Gasteiger partial charge in [0.2, 0.25) is 10.0 Å². The van der Waals surface area contributed by atoms with Crippen molar-refractivity contribution in [1.82, 2.24) is 19.5 Å². The summed E-state index contributed by atoms with van der Waals surface area (Å²) in [7, 11) is -4.41. The van der Waals surface area contributed by atoms with E-state index in [1.165, 1.54) is 12.4 Å². The van der Waals surface area contributed by atoms with E-state index in [-0.39, 0.29) is 6.54 Å². The first-order valence-corrected chi connectivity index (χ1v) is 10.0. The van der Waals surface area contributed by atoms with Crippen LogP contribution < -0.4 is 9.88 Å². The summed E-state index contributed by atoms with van der Waals surface area (Å²) in [5.74, 6) is -0.893. The van der Waals surface area contributed by atoms with Crippen molar-refractivity contribution in [3.05, 3.63) is 54.1 Å². The number of nitrogens with two attached hydrogens (primary N) is 1. The minimum absolute atomic E-state index is 0.0998. The van der Waals surface area contributed by atoms with Crippen molar-refractivity contribution < 1.29 is 26.3 Å². The number of nitrogens with zero attached hydrogens (tertiary/aromatic N) is 4. The van der Waals surface area contributed by atoms with Crippen LogP contribution in [-0.2, 0) is 16.6 Å². The summed E-state index contributed by atoms with van der Waals surface area (Å²) >= 11 is 0. The molecule has 0 aliphatic rings. The summed E-state index contributed by atoms with van der Waals surface area (Å²) in [5.41, 5.74) is 2.93. The van der Waals surface area contributed by atoms with Crippen LogP contribution in [0.1, 0.15) is 11.3 Å². The van der Waals surface area contributed by atoms with Crippen LogP contribution in [0, 0.1) is 6.92 Å². The van der Waals surface area contributed by atoms with Gasteiger partial charge in [0, 0.05) is 17.6 Å². The molecule has 0 aliphatic carbocycles. The van der Waals surface area contributed by atoms with Crippen molar-refractivity contribution in [3.8, 4) is 5.75 Å². The van der Waals surface area contributed by atoms with Crippen molar-refractivity contribution in [2.75, 3.05) is 0 Å². The molecule has 0 saturated carbocycles. The predicted octanol–water partition coefficient (Wildman–Crippen LogP) is 2.88. The van der Waals surface area contributed by atoms with Gasteiger partial charge in [0.05, 0.1) is 18.0 Å². The van der Waals surface area contributed by atoms with Crippen LogP contribution in [0.3, 0.4) is 0 Å². The standard InChI is InChI=1S/C18H14F3N5O3S/c1-10-2-4-12-16-13(7-23-17(12)25-10)24-9-26(16)8-11-3-5-15(30(22,27)28)14(6-11)29-18(19,20)21/h2-7,9H,8H2,1H3,(H2,22,27,28). The van der Waals surface area contributed by atoms with Crippen LogP contribution in [0.5, 0.6) is 5.75 Å². The third-order valence-electron chi connectivity index (χ3n) is 4.34. The fraction of sp³-hybridized carbons (Fsp3) is 0.167. The second kappa shape index (κ2) is 6.92. The molecule has 0 atom stereocenters. The van der Waals surface area contributed by atoms with Crippen LogP contribution in [0.2, 0.25) is 0 Å². The minimum Gasteiger partial charge on any atom is -0.404 e. The molecule has 4 rings (SSSR count). The number of imidazole rings is 1. The molecule has 4 aromatic rings. The summed E-state index contributed by atoms with van der Waals surface area (Å²) in [6.45, 7) is 1.93. The molecule has 3 aromatic heterocycles. The number of benzene rings is 1. The molecule has 0 aliphatic heterocycles. The topological polar surface area (TPSA) is 113 Å². The second-order valence-corrected chi connectivity index (χ2v) is 8.09. The SMILES string of the molecule is Cc1ccc2c(ncc3ncn(Cc4ccc(S(N)(=O)=O)c(OC(F)(F)F)c4)c32)n1. The molecule has 156 valence electrons. The van der Waals surface area contributed by atoms with Gasteiger partial charge in [-0.3, -0.25) is 0 Å². The molecular formula is C18H14F3N5O3S. The number of rotatable bonds is 4. The van der Waals surface area contributed by atoms with Crippen molar-refractivity contribution >= 4 is 32.1 Å². The van der Waals surface area contributed by atoms with Gasteiger partial charge in [-0.05, 0) is 36.8 Å². The van der Waals surface area contributed by atoms with Gasteiger partial charge >= 0.3 is 6.36 Å². The summed E-state index contributed by atoms with van der Waals surface area (Å²) in [6, 6.07) is 6.99. The van der Waals surface area contributed by atoms with E-state index in [2.05, 4.69) is 19.7 Å². The molecule has 0 bridgehead atoms. The molecule has 1 aromatic carbocycles. The minimum atomic E-state index is -5.08. The number of hydrogen-bond acceptors (Lipinski definition) is 6. The lowest BCUT2D eigenvalue weighted by Crippen LogP contribution is -2.21. The van der Waals surface area contributed by atoms with Crippen LogP contribution in [-0.4, -0.2) is 34.3 Å². The Hall–Kier alpha value is -3.25. The van der Waals surface area contributed by atoms with Crippen LogP contribution in [0.4, 0.5) is 13.2 Å². The molecule has 0 fully saturated rings. The molecule has 3 heterocycles. The number of sulfonamides is 1. The van der Waals surface area contributed by atoms with E-state index in [9.17, 15) is 21.6 Å². The Morgan fingerprint density at radius 3 is 2.63 bits per heavy atom. The number of aromatic nitrogens is 4. The normalized spacial score (nSPS) is 12.6. The Labute approximate surface area is 168 Å². The molecular weight excluding hydrogens is 423 g/mol. The van der Waals surface area contributed by atoms with Crippen molar-refractivity contribution in [3.63, 3.8) is 0 Å². The lowest BCUT2D eigenvalue weighted by molar-refractivity contribution is -0.275. The number of pyridine rings is 2. The highest BCUT2D eigenvalue weighted by atomic mass is 32.2. The number of halogens is 3. The number of alkyl halides is 3. The maximum atomic E-state index is 12.7. The maximum Gasteiger partial charge on any atom is 0.573 e. The first kappa shape index (κ1) is 20.0. The first-order valence-electron chi connectivity index (χ1n) is 8.50. The fourth-order valence-corrected chi connectivity index (χ4v) is 3.78. The van der Waals surface area contributed by atoms with Gasteiger partial charge in [-0.2, -0.15) is 0 Å². The Morgan fingerprint density at radius 1 is 1.17 bits per heavy atom. The molecule has 0 saturated heterocycles. The molecule has 12 heteroatoms. The Balaban J connectivity index is 1.81. The highest BCUT2D eigenvalue weighted by Gasteiger charge is 2.33. The predicted molar refractivity (Wildman–Crippen MR) is 101 cm³/mol. The van der Waals surface area contributed by atoms with Crippen LogP contribution in [0.15, 0.2) is 47.8 Å². The van der Waals surface area contributed by atoms with Gasteiger partial charge in [0.15, 0.2) is 5.65 Å². The van der Waals surface area contributed by atoms with Gasteiger partial charge < -0.3 is 9.30 Å². The van der Waals surface area contributed by atoms with Crippen LogP contribution in [0.25, 0.3) is 22.1 Å². The quantitative estimate of drug-likeness (QED) is 0.525. The number of ether oxygens (including phenoxy) is 1. The molecule has 0 radical (unpaired) electrons. The maximum absolute atomic E-state index is 12.7. The number of primary sulfonamides is 1. The average Bonchev–Trinajstić information content (AvgIpc) is 3.02. The first-order chi connectivity index (χ1) is 14.0. The lowest BCUT2D eigenvalue weighted by Gasteiger charge is -2.14. The average molecular weight is 437 g/mol. The molecule has 0 spiro atoms. The Morgan fingerprint density at radius 2 is 1.93 bits per heavy atom. The van der Waals surface area contributed by atoms with Crippen molar-refractivity contribution in [1.29, 1.82) is 0 Å². The third-order valence-corrected chi connectivity index (χ3v) is 5.29. The van der Waals surface area contributed by atoms with Crippen molar-refractivity contribution in [2.24, 2.45) is 5.14 Å². The van der Waals surface area contributed by atoms with E-state index in [4.69, 9.17) is 5.14 Å². The van der Waals surface area contributed by atoms with E-state index >= 15 is 0 Å². The number of aryl methyl sites for hydroxylation is 1. The van der Waals surface area contributed by atoms with Gasteiger partial charge in [-0.15, -0.1) is 13.2 Å². The zero-order chi connectivity index (χ0) is 21.7. The van der Waals surface area contributed by atoms with Gasteiger partial charge in [0.25, 0.3) is 0 Å². The van der Waals surface area contributed by atoms with Crippen LogP contribution >= 0.6 is 0 Å². The summed E-state index contributed by atoms with van der Waals surface area (Å²) < 4.78 is 67.1. The number of hydrogen-bond donors (Lipinski definition) is 1. The fourth-order valence-electron chi connectivity index (χ4n) is 3.14. The van der Waals surface area contributed by atoms with E-state index in [0.717, 1.165) is 23.2 Å². The van der Waals surface area contributed by atoms with E-state index in [1.54, 1.807) is 10.8 Å². The zero-order valence-electron chi connectivity index (χ0n) is 15.4. The summed E-state index contributed by atoms with van der Waals surface area (Å²) in [4.78, 5) is 12.2. The van der Waals surface area contributed by atoms with E-state index in [1.807, 2.05) is 19.1 Å². The lowest BCUT2D eigenvalue weighted by atomic mass is 10.2. The van der Waals surface area contributed by atoms with E-state index in [0.29, 0.717) is 22.2 Å². The monoisotopic (exact) mass is 437 g/mol. The zero-order valence-corrected chi connectivity index (χ0v) is 16.2. The molecule has 0 unspecified atom stereocenters. The Kier molecular flexibility index (Phi) is 4.62. The van der Waals surface area contributed by atoms with Gasteiger partial charge in [-0.25, -0.2) is 28.5 Å². The highest BCUT2D eigenvalue weighted by molar-refractivity contribution is 7.89. The number of fused-ring (bicyclic) bond motifs is 3. The molecule has 30 heavy (non-hydrogen) atoms. The highest BCUT2D eigenvalue weighted by Crippen LogP contribution is 2.31. The van der Waals surface area contributed by atoms with E-state index < -0.39 is 27.0 Å². The summed E-state index contributed by atoms with van der Waals surface area (Å²) in [6.07, 6.45) is -2.00.